The van der Waals surface area contributed by atoms with Crippen LogP contribution in [-0.4, -0.2) is 34.2 Å². The number of ether oxygens (including phenoxy) is 1. The van der Waals surface area contributed by atoms with Gasteiger partial charge in [-0.25, -0.2) is 0 Å². The van der Waals surface area contributed by atoms with Crippen LogP contribution in [0.25, 0.3) is 20.9 Å². The van der Waals surface area contributed by atoms with Gasteiger partial charge in [-0.15, -0.1) is 22.7 Å². The average molecular weight is 750 g/mol. The van der Waals surface area contributed by atoms with E-state index in [1.807, 2.05) is 32.9 Å². The Bertz CT molecular complexity index is 2100. The molecule has 0 saturated carbocycles. The molecule has 4 aromatic heterocycles. The maximum Gasteiger partial charge on any atom is 0.310 e. The predicted octanol–water partition coefficient (Wildman–Crippen LogP) is 10.3. The Balaban J connectivity index is 0.000000197. The first kappa shape index (κ1) is 36.5. The van der Waals surface area contributed by atoms with E-state index >= 15 is 0 Å². The summed E-state index contributed by atoms with van der Waals surface area (Å²) in [5, 5.41) is 10.3. The van der Waals surface area contributed by atoms with Gasteiger partial charge in [0, 0.05) is 19.8 Å². The third kappa shape index (κ3) is 9.48. The summed E-state index contributed by atoms with van der Waals surface area (Å²) in [6.45, 7) is 5.47. The molecule has 0 spiro atoms. The van der Waals surface area contributed by atoms with Gasteiger partial charge in [-0.05, 0) is 104 Å². The number of carbonyl (C=O) groups is 4. The summed E-state index contributed by atoms with van der Waals surface area (Å²) in [5.41, 5.74) is 2.49. The quantitative estimate of drug-likeness (QED) is 0.108. The summed E-state index contributed by atoms with van der Waals surface area (Å²) in [7, 11) is 0. The summed E-state index contributed by atoms with van der Waals surface area (Å²) in [4.78, 5) is 51.0. The summed E-state index contributed by atoms with van der Waals surface area (Å²) >= 11 is 14.4. The normalized spacial score (nSPS) is 11.1. The minimum atomic E-state index is -0.949. The number of carbonyl (C=O) groups excluding carboxylic acids is 3. The Morgan fingerprint density at radius 3 is 1.46 bits per heavy atom. The summed E-state index contributed by atoms with van der Waals surface area (Å²) in [5.74, 6) is -1.26. The number of ketones is 2. The lowest BCUT2D eigenvalue weighted by Gasteiger charge is -2.19. The van der Waals surface area contributed by atoms with Gasteiger partial charge in [0.25, 0.3) is 0 Å². The second-order valence-corrected chi connectivity index (χ2v) is 14.9. The van der Waals surface area contributed by atoms with Crippen LogP contribution in [0.15, 0.2) is 106 Å². The number of esters is 1. The molecule has 50 heavy (non-hydrogen) atoms. The van der Waals surface area contributed by atoms with Crippen LogP contribution in [0.4, 0.5) is 0 Å². The number of furan rings is 2. The molecule has 6 aromatic rings. The zero-order valence-electron chi connectivity index (χ0n) is 27.0. The van der Waals surface area contributed by atoms with Crippen molar-refractivity contribution in [1.82, 2.24) is 0 Å². The van der Waals surface area contributed by atoms with Crippen LogP contribution < -0.4 is 0 Å². The molecule has 0 amide bonds. The Labute approximate surface area is 305 Å². The number of hydrogen-bond donors (Lipinski definition) is 1. The minimum absolute atomic E-state index is 0.0805. The van der Waals surface area contributed by atoms with E-state index in [0.717, 1.165) is 26.4 Å². The molecule has 0 radical (unpaired) electrons. The van der Waals surface area contributed by atoms with Crippen molar-refractivity contribution in [2.45, 2.75) is 39.2 Å². The monoisotopic (exact) mass is 748 g/mol. The number of carboxylic acid groups (broad SMARTS) is 1. The number of rotatable bonds is 10. The molecule has 0 unspecified atom stereocenters. The van der Waals surface area contributed by atoms with Crippen LogP contribution in [-0.2, 0) is 27.2 Å². The molecule has 0 aliphatic carbocycles. The van der Waals surface area contributed by atoms with Gasteiger partial charge in [0.15, 0.2) is 11.5 Å². The molecule has 256 valence electrons. The van der Waals surface area contributed by atoms with E-state index in [0.29, 0.717) is 25.4 Å². The Morgan fingerprint density at radius 1 is 0.680 bits per heavy atom. The van der Waals surface area contributed by atoms with E-state index in [4.69, 9.17) is 41.9 Å². The molecule has 0 bridgehead atoms. The van der Waals surface area contributed by atoms with E-state index < -0.39 is 11.6 Å². The lowest BCUT2D eigenvalue weighted by Crippen LogP contribution is -2.24. The van der Waals surface area contributed by atoms with Crippen molar-refractivity contribution >= 4 is 69.4 Å². The maximum atomic E-state index is 12.7. The molecular weight excluding hydrogens is 719 g/mol. The highest BCUT2D eigenvalue weighted by molar-refractivity contribution is 7.18. The third-order valence-electron chi connectivity index (χ3n) is 6.86. The molecule has 12 heteroatoms. The molecule has 0 aliphatic heterocycles. The van der Waals surface area contributed by atoms with Crippen LogP contribution >= 0.6 is 45.9 Å². The molecule has 0 saturated heterocycles. The van der Waals surface area contributed by atoms with Gasteiger partial charge >= 0.3 is 11.9 Å². The largest absolute Gasteiger partial charge is 0.481 e. The smallest absolute Gasteiger partial charge is 0.310 e. The number of thiophene rings is 2. The number of benzene rings is 2. The van der Waals surface area contributed by atoms with Crippen molar-refractivity contribution in [3.05, 3.63) is 140 Å². The topological polar surface area (TPSA) is 124 Å². The highest BCUT2D eigenvalue weighted by Crippen LogP contribution is 2.37. The summed E-state index contributed by atoms with van der Waals surface area (Å²) in [6, 6.07) is 24.2. The minimum Gasteiger partial charge on any atom is -0.481 e. The van der Waals surface area contributed by atoms with Crippen LogP contribution in [0.1, 0.15) is 62.8 Å². The van der Waals surface area contributed by atoms with Gasteiger partial charge in [0.05, 0.1) is 35.1 Å². The summed E-state index contributed by atoms with van der Waals surface area (Å²) in [6.07, 6.45) is 2.82. The molecule has 2 aromatic carbocycles. The molecule has 1 N–H and O–H groups in total. The second-order valence-electron chi connectivity index (χ2n) is 11.9. The number of hydrogen-bond acceptors (Lipinski definition) is 9. The third-order valence-corrected chi connectivity index (χ3v) is 9.82. The standard InChI is InChI=1S/C21H19ClO4S.C17H11ClO4S/c1-21(2,3)26-18(23)12-14-11-17(19(24)16-5-4-10-25-16)27-20(14)13-6-8-15(22)9-7-13;18-12-5-3-10(4-6-12)17-11(9-15(19)20)8-14(23-17)16(21)13-2-1-7-22-13/h4-11H,12H2,1-3H3;1-8H,9H2,(H,19,20). The van der Waals surface area contributed by atoms with Gasteiger partial charge in [-0.3, -0.25) is 19.2 Å². The molecule has 0 atom stereocenters. The fourth-order valence-electron chi connectivity index (χ4n) is 4.79. The number of aliphatic carboxylic acids is 1. The van der Waals surface area contributed by atoms with Crippen LogP contribution in [0, 0.1) is 0 Å². The first-order valence-electron chi connectivity index (χ1n) is 15.1. The van der Waals surface area contributed by atoms with Crippen molar-refractivity contribution in [1.29, 1.82) is 0 Å². The van der Waals surface area contributed by atoms with Gasteiger partial charge in [-0.2, -0.15) is 0 Å². The molecule has 8 nitrogen and oxygen atoms in total. The number of carboxylic acids is 1. The highest BCUT2D eigenvalue weighted by atomic mass is 35.5. The lowest BCUT2D eigenvalue weighted by molar-refractivity contribution is -0.153. The van der Waals surface area contributed by atoms with Gasteiger partial charge in [0.1, 0.15) is 5.60 Å². The van der Waals surface area contributed by atoms with Crippen LogP contribution in [0.2, 0.25) is 10.0 Å². The molecular formula is C38H30Cl2O8S2. The summed E-state index contributed by atoms with van der Waals surface area (Å²) < 4.78 is 15.8. The molecule has 4 heterocycles. The average Bonchev–Trinajstić information content (AvgIpc) is 3.88. The van der Waals surface area contributed by atoms with Gasteiger partial charge in [0.2, 0.25) is 11.6 Å². The van der Waals surface area contributed by atoms with Crippen LogP contribution in [0.5, 0.6) is 0 Å². The molecule has 0 aliphatic rings. The SMILES string of the molecule is CC(C)(C)OC(=O)Cc1cc(C(=O)c2ccco2)sc1-c1ccc(Cl)cc1.O=C(O)Cc1cc(C(=O)c2ccco2)sc1-c1ccc(Cl)cc1. The van der Waals surface area contributed by atoms with E-state index in [9.17, 15) is 19.2 Å². The molecule has 6 rings (SSSR count). The van der Waals surface area contributed by atoms with Crippen molar-refractivity contribution in [3.63, 3.8) is 0 Å². The Kier molecular flexibility index (Phi) is 11.6. The zero-order chi connectivity index (χ0) is 36.0. The number of halogens is 2. The van der Waals surface area contributed by atoms with E-state index in [1.165, 1.54) is 35.2 Å². The Hall–Kier alpha value is -4.74. The lowest BCUT2D eigenvalue weighted by atomic mass is 10.1. The highest BCUT2D eigenvalue weighted by Gasteiger charge is 2.24. The van der Waals surface area contributed by atoms with Crippen molar-refractivity contribution < 1.29 is 37.9 Å². The van der Waals surface area contributed by atoms with Crippen molar-refractivity contribution in [3.8, 4) is 20.9 Å². The van der Waals surface area contributed by atoms with Crippen molar-refractivity contribution in [2.24, 2.45) is 0 Å². The molecule has 0 fully saturated rings. The maximum absolute atomic E-state index is 12.7. The first-order chi connectivity index (χ1) is 23.8. The van der Waals surface area contributed by atoms with Gasteiger partial charge < -0.3 is 18.7 Å². The van der Waals surface area contributed by atoms with Crippen LogP contribution in [0.3, 0.4) is 0 Å². The predicted molar refractivity (Wildman–Crippen MR) is 195 cm³/mol. The fraction of sp³-hybridized carbons (Fsp3) is 0.158. The van der Waals surface area contributed by atoms with E-state index in [1.54, 1.807) is 72.8 Å². The first-order valence-corrected chi connectivity index (χ1v) is 17.5. The fourth-order valence-corrected chi connectivity index (χ4v) is 7.30. The second kappa shape index (κ2) is 15.9. The zero-order valence-corrected chi connectivity index (χ0v) is 30.2. The van der Waals surface area contributed by atoms with E-state index in [-0.39, 0.29) is 41.9 Å². The van der Waals surface area contributed by atoms with Gasteiger partial charge in [-0.1, -0.05) is 47.5 Å². The van der Waals surface area contributed by atoms with Crippen molar-refractivity contribution in [2.75, 3.05) is 0 Å². The van der Waals surface area contributed by atoms with E-state index in [2.05, 4.69) is 0 Å². The Morgan fingerprint density at radius 2 is 1.10 bits per heavy atom.